The van der Waals surface area contributed by atoms with E-state index in [1.54, 1.807) is 13.8 Å². The SMILES string of the molecule is C.C.C.C.C=C(C)C(=O)NCC[N+](C)(C)C.C=C(C)C(=O)OCC[N+](C)(C)C.[Br-].[Br-].[Cl-].[Cl-]. The van der Waals surface area contributed by atoms with Crippen LogP contribution in [-0.4, -0.2) is 89.4 Å². The summed E-state index contributed by atoms with van der Waals surface area (Å²) in [5, 5.41) is 2.78. The van der Waals surface area contributed by atoms with Crippen LogP contribution in [0.25, 0.3) is 0 Å². The number of hydrogen-bond donors (Lipinski definition) is 1. The van der Waals surface area contributed by atoms with Gasteiger partial charge in [-0.15, -0.1) is 0 Å². The maximum absolute atomic E-state index is 11.0. The van der Waals surface area contributed by atoms with Crippen LogP contribution in [0.4, 0.5) is 0 Å². The summed E-state index contributed by atoms with van der Waals surface area (Å²) in [5.74, 6) is -0.355. The minimum atomic E-state index is -0.302. The van der Waals surface area contributed by atoms with Crippen molar-refractivity contribution < 1.29 is 82.1 Å². The zero-order chi connectivity index (χ0) is 19.6. The minimum absolute atomic E-state index is 0. The molecule has 0 rings (SSSR count). The zero-order valence-electron chi connectivity index (χ0n) is 18.4. The summed E-state index contributed by atoms with van der Waals surface area (Å²) in [5.41, 5.74) is 1.02. The lowest BCUT2D eigenvalue weighted by molar-refractivity contribution is -0.870. The van der Waals surface area contributed by atoms with E-state index >= 15 is 0 Å². The van der Waals surface area contributed by atoms with Gasteiger partial charge in [0.05, 0.1) is 55.4 Å². The van der Waals surface area contributed by atoms with Gasteiger partial charge in [-0.1, -0.05) is 42.9 Å². The number of carbonyl (C=O) groups is 2. The van der Waals surface area contributed by atoms with Crippen LogP contribution in [0.3, 0.4) is 0 Å². The molecule has 0 aliphatic carbocycles. The van der Waals surface area contributed by atoms with Crippen LogP contribution in [0.15, 0.2) is 24.3 Å². The molecule has 0 saturated carbocycles. The topological polar surface area (TPSA) is 55.4 Å². The van der Waals surface area contributed by atoms with Crippen LogP contribution in [0, 0.1) is 0 Å². The number of carbonyl (C=O) groups excluding carboxylic acids is 2. The lowest BCUT2D eigenvalue weighted by Gasteiger charge is -2.23. The summed E-state index contributed by atoms with van der Waals surface area (Å²) in [4.78, 5) is 21.9. The first-order valence-electron chi connectivity index (χ1n) is 8.03. The Morgan fingerprint density at radius 2 is 1.09 bits per heavy atom. The molecule has 32 heavy (non-hydrogen) atoms. The van der Waals surface area contributed by atoms with Crippen LogP contribution < -0.4 is 64.1 Å². The van der Waals surface area contributed by atoms with Crippen molar-refractivity contribution in [2.24, 2.45) is 0 Å². The lowest BCUT2D eigenvalue weighted by atomic mass is 10.3. The molecule has 0 atom stereocenters. The second kappa shape index (κ2) is 30.9. The number of likely N-dealkylation sites (N-methyl/N-ethyl adjacent to an activating group) is 2. The van der Waals surface area contributed by atoms with Gasteiger partial charge < -0.3 is 77.8 Å². The smallest absolute Gasteiger partial charge is 0.333 e. The lowest BCUT2D eigenvalue weighted by Crippen LogP contribution is -3.00. The number of rotatable bonds is 8. The maximum Gasteiger partial charge on any atom is 0.333 e. The Morgan fingerprint density at radius 3 is 1.34 bits per heavy atom. The molecule has 0 saturated heterocycles. The molecule has 0 spiro atoms. The number of hydrogen-bond acceptors (Lipinski definition) is 3. The fourth-order valence-electron chi connectivity index (χ4n) is 1.19. The van der Waals surface area contributed by atoms with E-state index in [0.29, 0.717) is 24.3 Å². The number of halogens is 4. The molecule has 10 heteroatoms. The fraction of sp³-hybridized carbons (Fsp3) is 0.727. The molecule has 0 aromatic rings. The molecule has 0 aromatic heterocycles. The monoisotopic (exact) mass is 635 g/mol. The van der Waals surface area contributed by atoms with Gasteiger partial charge in [0, 0.05) is 11.1 Å². The van der Waals surface area contributed by atoms with Gasteiger partial charge in [-0.05, 0) is 13.8 Å². The van der Waals surface area contributed by atoms with E-state index in [1.807, 2.05) is 0 Å². The summed E-state index contributed by atoms with van der Waals surface area (Å²) < 4.78 is 6.58. The largest absolute Gasteiger partial charge is 1.00 e. The van der Waals surface area contributed by atoms with Crippen molar-refractivity contribution in [1.29, 1.82) is 0 Å². The van der Waals surface area contributed by atoms with Crippen molar-refractivity contribution in [2.75, 3.05) is 68.5 Å². The Labute approximate surface area is 234 Å². The van der Waals surface area contributed by atoms with Crippen LogP contribution in [0.5, 0.6) is 0 Å². The summed E-state index contributed by atoms with van der Waals surface area (Å²) in [6.07, 6.45) is 0. The highest BCUT2D eigenvalue weighted by Gasteiger charge is 2.09. The first-order valence-corrected chi connectivity index (χ1v) is 8.03. The van der Waals surface area contributed by atoms with Crippen LogP contribution in [0.2, 0.25) is 0 Å². The highest BCUT2D eigenvalue weighted by molar-refractivity contribution is 5.92. The van der Waals surface area contributed by atoms with Crippen molar-refractivity contribution in [2.45, 2.75) is 43.6 Å². The average Bonchev–Trinajstić information content (AvgIpc) is 2.35. The molecule has 0 unspecified atom stereocenters. The molecule has 0 heterocycles. The van der Waals surface area contributed by atoms with Crippen molar-refractivity contribution in [3.63, 3.8) is 0 Å². The highest BCUT2D eigenvalue weighted by Crippen LogP contribution is 1.94. The van der Waals surface area contributed by atoms with Crippen LogP contribution in [0.1, 0.15) is 43.6 Å². The first-order chi connectivity index (χ1) is 10.7. The van der Waals surface area contributed by atoms with Gasteiger partial charge in [0.2, 0.25) is 5.91 Å². The van der Waals surface area contributed by atoms with Gasteiger partial charge in [-0.25, -0.2) is 4.79 Å². The Hall–Kier alpha value is -0.120. The standard InChI is InChI=1S/C9H18N2O.C9H18NO2.4CH4.2BrH.2ClH/c1-8(2)9(12)10-6-7-11(3,4)5;1-8(2)9(11)12-7-6-10(3,4)5;;;;;;;;/h2*1,6-7H2,2-5H3;4*1H4;4*1H/q;+1;;;;;;;;/p-3. The number of amides is 1. The molecule has 1 amide bonds. The van der Waals surface area contributed by atoms with Gasteiger partial charge >= 0.3 is 5.97 Å². The van der Waals surface area contributed by atoms with E-state index in [4.69, 9.17) is 4.74 Å². The zero-order valence-corrected chi connectivity index (χ0v) is 23.1. The van der Waals surface area contributed by atoms with Crippen LogP contribution in [-0.2, 0) is 14.3 Å². The number of nitrogens with one attached hydrogen (secondary N) is 1. The Morgan fingerprint density at radius 1 is 0.750 bits per heavy atom. The molecular formula is C22H53Br2Cl2N3O3-2. The average molecular weight is 638 g/mol. The quantitative estimate of drug-likeness (QED) is 0.164. The molecule has 204 valence electrons. The van der Waals surface area contributed by atoms with E-state index < -0.39 is 0 Å². The van der Waals surface area contributed by atoms with Gasteiger partial charge in [0.1, 0.15) is 13.2 Å². The number of esters is 1. The summed E-state index contributed by atoms with van der Waals surface area (Å²) in [6, 6.07) is 0. The second-order valence-electron chi connectivity index (χ2n) is 7.98. The molecular weight excluding hydrogens is 585 g/mol. The third-order valence-electron chi connectivity index (χ3n) is 2.80. The van der Waals surface area contributed by atoms with Gasteiger partial charge in [0.25, 0.3) is 0 Å². The predicted molar refractivity (Wildman–Crippen MR) is 126 cm³/mol. The molecule has 0 aliphatic heterocycles. The summed E-state index contributed by atoms with van der Waals surface area (Å²) in [6.45, 7) is 13.3. The Bertz CT molecular complexity index is 424. The van der Waals surface area contributed by atoms with Crippen molar-refractivity contribution >= 4 is 11.9 Å². The van der Waals surface area contributed by atoms with E-state index in [-0.39, 0.29) is 100 Å². The minimum Gasteiger partial charge on any atom is -1.00 e. The van der Waals surface area contributed by atoms with E-state index in [2.05, 4.69) is 60.8 Å². The van der Waals surface area contributed by atoms with E-state index in [1.165, 1.54) is 0 Å². The summed E-state index contributed by atoms with van der Waals surface area (Å²) in [7, 11) is 12.4. The Kier molecular flexibility index (Phi) is 61.3. The fourth-order valence-corrected chi connectivity index (χ4v) is 1.19. The van der Waals surface area contributed by atoms with Crippen molar-refractivity contribution in [3.05, 3.63) is 24.3 Å². The molecule has 0 aliphatic rings. The van der Waals surface area contributed by atoms with Crippen molar-refractivity contribution in [3.8, 4) is 0 Å². The second-order valence-corrected chi connectivity index (χ2v) is 7.98. The molecule has 0 fully saturated rings. The third kappa shape index (κ3) is 52.1. The third-order valence-corrected chi connectivity index (χ3v) is 2.80. The Balaban J connectivity index is -0.0000000302. The normalized spacial score (nSPS) is 8.25. The maximum atomic E-state index is 11.0. The molecule has 6 nitrogen and oxygen atoms in total. The van der Waals surface area contributed by atoms with E-state index in [0.717, 1.165) is 22.1 Å². The predicted octanol–water partition coefficient (Wildman–Crippen LogP) is -8.24. The highest BCUT2D eigenvalue weighted by atomic mass is 79.9. The number of quaternary nitrogens is 2. The molecule has 1 N–H and O–H groups in total. The van der Waals surface area contributed by atoms with Crippen molar-refractivity contribution in [1.82, 2.24) is 5.32 Å². The molecule has 0 aromatic carbocycles. The molecule has 0 bridgehead atoms. The van der Waals surface area contributed by atoms with Gasteiger partial charge in [-0.3, -0.25) is 4.79 Å². The first kappa shape index (κ1) is 63.5. The summed E-state index contributed by atoms with van der Waals surface area (Å²) >= 11 is 0. The molecule has 0 radical (unpaired) electrons. The van der Waals surface area contributed by atoms with Gasteiger partial charge in [0.15, 0.2) is 0 Å². The number of ether oxygens (including phenoxy) is 1. The van der Waals surface area contributed by atoms with Crippen LogP contribution >= 0.6 is 0 Å². The van der Waals surface area contributed by atoms with E-state index in [9.17, 15) is 9.59 Å². The van der Waals surface area contributed by atoms with Gasteiger partial charge in [-0.2, -0.15) is 0 Å². The number of nitrogens with zero attached hydrogens (tertiary/aromatic N) is 2.